The SMILES string of the molecule is CCCCN(C)CCN1C(=O)[C@@H]2[C@H](C(=O)Nc3cc(Cl)cc(Cl)c3)[C@@H]3C=C[C@@]2(O3)[C@@H]1C(=O)NC1CCCCC1. The smallest absolute Gasteiger partial charge is 0.246 e. The third kappa shape index (κ3) is 5.58. The van der Waals surface area contributed by atoms with E-state index in [2.05, 4.69) is 22.5 Å². The zero-order valence-electron chi connectivity index (χ0n) is 22.6. The number of nitrogens with zero attached hydrogens (tertiary/aromatic N) is 2. The van der Waals surface area contributed by atoms with Gasteiger partial charge in [-0.1, -0.05) is 68.0 Å². The van der Waals surface area contributed by atoms with Crippen molar-refractivity contribution >= 4 is 46.6 Å². The average Bonchev–Trinajstić information content (AvgIpc) is 3.53. The van der Waals surface area contributed by atoms with Crippen molar-refractivity contribution in [1.29, 1.82) is 0 Å². The lowest BCUT2D eigenvalue weighted by Crippen LogP contribution is -2.57. The second-order valence-electron chi connectivity index (χ2n) is 11.4. The van der Waals surface area contributed by atoms with E-state index >= 15 is 0 Å². The van der Waals surface area contributed by atoms with E-state index in [4.69, 9.17) is 27.9 Å². The molecule has 8 nitrogen and oxygen atoms in total. The normalized spacial score (nSPS) is 29.8. The van der Waals surface area contributed by atoms with E-state index in [1.807, 2.05) is 19.2 Å². The molecule has 5 atom stereocenters. The highest BCUT2D eigenvalue weighted by atomic mass is 35.5. The van der Waals surface area contributed by atoms with Gasteiger partial charge in [0.1, 0.15) is 11.6 Å². The van der Waals surface area contributed by atoms with Crippen LogP contribution in [0.25, 0.3) is 0 Å². The molecule has 0 aromatic heterocycles. The van der Waals surface area contributed by atoms with Crippen LogP contribution in [0.3, 0.4) is 0 Å². The lowest BCUT2D eigenvalue weighted by atomic mass is 9.74. The van der Waals surface area contributed by atoms with Gasteiger partial charge in [-0.3, -0.25) is 14.4 Å². The number of hydrogen-bond acceptors (Lipinski definition) is 5. The molecule has 3 heterocycles. The first kappa shape index (κ1) is 28.4. The number of carbonyl (C=O) groups excluding carboxylic acids is 3. The summed E-state index contributed by atoms with van der Waals surface area (Å²) < 4.78 is 6.44. The van der Waals surface area contributed by atoms with Crippen LogP contribution in [0.2, 0.25) is 10.0 Å². The minimum absolute atomic E-state index is 0.0973. The predicted octanol–water partition coefficient (Wildman–Crippen LogP) is 4.26. The first-order chi connectivity index (χ1) is 18.7. The fourth-order valence-corrected chi connectivity index (χ4v) is 7.23. The molecule has 1 spiro atoms. The number of likely N-dealkylation sites (tertiary alicyclic amines) is 1. The van der Waals surface area contributed by atoms with Crippen LogP contribution in [-0.4, -0.2) is 78.0 Å². The summed E-state index contributed by atoms with van der Waals surface area (Å²) in [7, 11) is 2.03. The van der Waals surface area contributed by atoms with Crippen LogP contribution in [0, 0.1) is 11.8 Å². The fraction of sp³-hybridized carbons (Fsp3) is 0.621. The Balaban J connectivity index is 1.41. The van der Waals surface area contributed by atoms with Crippen LogP contribution in [0.15, 0.2) is 30.4 Å². The fourth-order valence-electron chi connectivity index (χ4n) is 6.70. The topological polar surface area (TPSA) is 91.0 Å². The zero-order chi connectivity index (χ0) is 27.7. The van der Waals surface area contributed by atoms with E-state index < -0.39 is 29.6 Å². The Morgan fingerprint density at radius 1 is 1.10 bits per heavy atom. The molecule has 2 bridgehead atoms. The molecule has 3 aliphatic heterocycles. The van der Waals surface area contributed by atoms with E-state index in [1.54, 1.807) is 23.1 Å². The number of anilines is 1. The van der Waals surface area contributed by atoms with Crippen molar-refractivity contribution in [3.05, 3.63) is 40.4 Å². The maximum atomic E-state index is 14.1. The number of carbonyl (C=O) groups is 3. The van der Waals surface area contributed by atoms with E-state index in [0.717, 1.165) is 45.1 Å². The maximum absolute atomic E-state index is 14.1. The molecule has 1 aromatic carbocycles. The van der Waals surface area contributed by atoms with Crippen molar-refractivity contribution in [3.8, 4) is 0 Å². The van der Waals surface area contributed by atoms with E-state index in [-0.39, 0.29) is 23.8 Å². The number of ether oxygens (including phenoxy) is 1. The van der Waals surface area contributed by atoms with Crippen molar-refractivity contribution in [1.82, 2.24) is 15.1 Å². The number of halogens is 2. The van der Waals surface area contributed by atoms with Crippen LogP contribution in [-0.2, 0) is 19.1 Å². The maximum Gasteiger partial charge on any atom is 0.246 e. The molecule has 0 radical (unpaired) electrons. The summed E-state index contributed by atoms with van der Waals surface area (Å²) in [4.78, 5) is 45.4. The molecule has 4 aliphatic rings. The van der Waals surface area contributed by atoms with Crippen LogP contribution in [0.5, 0.6) is 0 Å². The van der Waals surface area contributed by atoms with E-state index in [9.17, 15) is 14.4 Å². The van der Waals surface area contributed by atoms with Crippen LogP contribution >= 0.6 is 23.2 Å². The molecule has 39 heavy (non-hydrogen) atoms. The Bertz CT molecular complexity index is 1120. The van der Waals surface area contributed by atoms with Crippen molar-refractivity contribution in [2.24, 2.45) is 11.8 Å². The summed E-state index contributed by atoms with van der Waals surface area (Å²) >= 11 is 12.3. The molecule has 2 N–H and O–H groups in total. The minimum Gasteiger partial charge on any atom is -0.359 e. The Hall–Kier alpha value is -2.13. The molecular weight excluding hydrogens is 539 g/mol. The minimum atomic E-state index is -1.17. The Morgan fingerprint density at radius 3 is 2.51 bits per heavy atom. The second kappa shape index (κ2) is 11.8. The van der Waals surface area contributed by atoms with E-state index in [1.165, 1.54) is 6.42 Å². The van der Waals surface area contributed by atoms with Gasteiger partial charge in [0.05, 0.1) is 17.9 Å². The first-order valence-corrected chi connectivity index (χ1v) is 14.9. The van der Waals surface area contributed by atoms with Crippen LogP contribution in [0.4, 0.5) is 5.69 Å². The highest BCUT2D eigenvalue weighted by molar-refractivity contribution is 6.35. The number of likely N-dealkylation sites (N-methyl/N-ethyl adjacent to an activating group) is 1. The Kier molecular flexibility index (Phi) is 8.57. The highest BCUT2D eigenvalue weighted by Gasteiger charge is 2.72. The molecule has 3 amide bonds. The molecular formula is C29H38Cl2N4O4. The average molecular weight is 578 g/mol. The predicted molar refractivity (Wildman–Crippen MR) is 152 cm³/mol. The first-order valence-electron chi connectivity index (χ1n) is 14.2. The van der Waals surface area contributed by atoms with Gasteiger partial charge in [0.25, 0.3) is 0 Å². The van der Waals surface area contributed by atoms with Gasteiger partial charge in [-0.15, -0.1) is 0 Å². The molecule has 1 saturated carbocycles. The summed E-state index contributed by atoms with van der Waals surface area (Å²) in [6, 6.07) is 4.08. The Labute approximate surface area is 240 Å². The standard InChI is InChI=1S/C29H38Cl2N4O4/c1-3-4-12-34(2)13-14-35-25(27(37)32-20-8-6-5-7-9-20)29-11-10-22(39-29)23(24(29)28(35)38)26(36)33-21-16-18(30)15-19(31)17-21/h10-11,15-17,20,22-25H,3-9,12-14H2,1-2H3,(H,32,37)(H,33,36)/t22-,23+,24-,25-,29-/m0/s1. The molecule has 212 valence electrons. The van der Waals surface area contributed by atoms with E-state index in [0.29, 0.717) is 28.8 Å². The van der Waals surface area contributed by atoms with Gasteiger partial charge >= 0.3 is 0 Å². The molecule has 2 saturated heterocycles. The Morgan fingerprint density at radius 2 is 1.82 bits per heavy atom. The lowest BCUT2D eigenvalue weighted by Gasteiger charge is -2.34. The third-order valence-electron chi connectivity index (χ3n) is 8.62. The summed E-state index contributed by atoms with van der Waals surface area (Å²) in [6.07, 6.45) is 10.5. The van der Waals surface area contributed by atoms with Crippen molar-refractivity contribution in [2.45, 2.75) is 75.7 Å². The van der Waals surface area contributed by atoms with Gasteiger partial charge in [-0.05, 0) is 51.1 Å². The number of fused-ring (bicyclic) bond motifs is 1. The largest absolute Gasteiger partial charge is 0.359 e. The molecule has 3 fully saturated rings. The molecule has 5 rings (SSSR count). The quantitative estimate of drug-likeness (QED) is 0.406. The summed E-state index contributed by atoms with van der Waals surface area (Å²) in [5.74, 6) is -2.31. The van der Waals surface area contributed by atoms with Gasteiger partial charge in [-0.2, -0.15) is 0 Å². The van der Waals surface area contributed by atoms with Crippen molar-refractivity contribution in [3.63, 3.8) is 0 Å². The van der Waals surface area contributed by atoms with Crippen molar-refractivity contribution in [2.75, 3.05) is 32.0 Å². The van der Waals surface area contributed by atoms with Gasteiger partial charge in [0.2, 0.25) is 17.7 Å². The third-order valence-corrected chi connectivity index (χ3v) is 9.06. The highest BCUT2D eigenvalue weighted by Crippen LogP contribution is 2.55. The van der Waals surface area contributed by atoms with Gasteiger partial charge < -0.3 is 25.2 Å². The molecule has 0 unspecified atom stereocenters. The van der Waals surface area contributed by atoms with Crippen LogP contribution in [0.1, 0.15) is 51.9 Å². The number of hydrogen-bond donors (Lipinski definition) is 2. The number of unbranched alkanes of at least 4 members (excludes halogenated alkanes) is 1. The van der Waals surface area contributed by atoms with Crippen molar-refractivity contribution < 1.29 is 19.1 Å². The molecule has 1 aliphatic carbocycles. The number of rotatable bonds is 10. The number of nitrogens with one attached hydrogen (secondary N) is 2. The lowest BCUT2D eigenvalue weighted by molar-refractivity contribution is -0.141. The van der Waals surface area contributed by atoms with Gasteiger partial charge in [0.15, 0.2) is 0 Å². The summed E-state index contributed by atoms with van der Waals surface area (Å²) in [6.45, 7) is 4.08. The number of benzene rings is 1. The van der Waals surface area contributed by atoms with Gasteiger partial charge in [0, 0.05) is 34.9 Å². The molecule has 1 aromatic rings. The zero-order valence-corrected chi connectivity index (χ0v) is 24.1. The second-order valence-corrected chi connectivity index (χ2v) is 12.3. The van der Waals surface area contributed by atoms with Gasteiger partial charge in [-0.25, -0.2) is 0 Å². The summed E-state index contributed by atoms with van der Waals surface area (Å²) in [5.41, 5.74) is -0.721. The monoisotopic (exact) mass is 576 g/mol. The number of amides is 3. The van der Waals surface area contributed by atoms with Crippen LogP contribution < -0.4 is 10.6 Å². The summed E-state index contributed by atoms with van der Waals surface area (Å²) in [5, 5.41) is 6.90. The molecule has 10 heteroatoms.